The fourth-order valence-electron chi connectivity index (χ4n) is 3.39. The molecule has 3 rings (SSSR count). The molecule has 0 radical (unpaired) electrons. The van der Waals surface area contributed by atoms with Gasteiger partial charge in [-0.1, -0.05) is 48.5 Å². The molecular weight excluding hydrogens is 374 g/mol. The first-order valence-corrected chi connectivity index (χ1v) is 10.4. The van der Waals surface area contributed by atoms with E-state index < -0.39 is 0 Å². The summed E-state index contributed by atoms with van der Waals surface area (Å²) in [6.07, 6.45) is 4.68. The standard InChI is InChI=1S/C24H31N5O/c1-4-25-24(28(2)19-21-12-8-9-13-22(21)30-3)27-15-14-23-26-16-17-29(23)18-20-10-6-5-7-11-20/h5-13,16-17H,4,14-15,18-19H2,1-3H3,(H,25,27). The molecule has 1 aromatic heterocycles. The van der Waals surface area contributed by atoms with E-state index in [4.69, 9.17) is 9.73 Å². The van der Waals surface area contributed by atoms with Crippen LogP contribution in [0.5, 0.6) is 5.75 Å². The Hall–Kier alpha value is -3.28. The van der Waals surface area contributed by atoms with Gasteiger partial charge < -0.3 is 19.5 Å². The summed E-state index contributed by atoms with van der Waals surface area (Å²) in [5.74, 6) is 2.82. The van der Waals surface area contributed by atoms with E-state index in [9.17, 15) is 0 Å². The lowest BCUT2D eigenvalue weighted by molar-refractivity contribution is 0.396. The molecule has 0 aliphatic rings. The molecule has 0 spiro atoms. The predicted molar refractivity (Wildman–Crippen MR) is 122 cm³/mol. The third-order valence-corrected chi connectivity index (χ3v) is 4.89. The molecule has 0 atom stereocenters. The van der Waals surface area contributed by atoms with Gasteiger partial charge in [0.2, 0.25) is 0 Å². The zero-order valence-corrected chi connectivity index (χ0v) is 18.1. The van der Waals surface area contributed by atoms with Gasteiger partial charge in [0.15, 0.2) is 5.96 Å². The number of imidazole rings is 1. The number of ether oxygens (including phenoxy) is 1. The summed E-state index contributed by atoms with van der Waals surface area (Å²) in [6.45, 7) is 5.12. The minimum Gasteiger partial charge on any atom is -0.496 e. The zero-order chi connectivity index (χ0) is 21.2. The molecule has 0 bridgehead atoms. The summed E-state index contributed by atoms with van der Waals surface area (Å²) in [6, 6.07) is 18.5. The average molecular weight is 406 g/mol. The molecule has 6 heteroatoms. The first-order chi connectivity index (χ1) is 14.7. The second-order valence-electron chi connectivity index (χ2n) is 7.11. The van der Waals surface area contributed by atoms with E-state index in [1.807, 2.05) is 43.7 Å². The highest BCUT2D eigenvalue weighted by Crippen LogP contribution is 2.18. The Bertz CT molecular complexity index is 936. The number of guanidine groups is 1. The number of benzene rings is 2. The molecule has 0 saturated heterocycles. The Morgan fingerprint density at radius 2 is 1.90 bits per heavy atom. The molecule has 0 fully saturated rings. The van der Waals surface area contributed by atoms with Gasteiger partial charge >= 0.3 is 0 Å². The van der Waals surface area contributed by atoms with Crippen molar-refractivity contribution in [2.75, 3.05) is 27.2 Å². The number of methoxy groups -OCH3 is 1. The summed E-state index contributed by atoms with van der Waals surface area (Å²) in [5, 5.41) is 3.38. The van der Waals surface area contributed by atoms with Crippen molar-refractivity contribution in [1.82, 2.24) is 19.8 Å². The highest BCUT2D eigenvalue weighted by molar-refractivity contribution is 5.79. The zero-order valence-electron chi connectivity index (χ0n) is 18.1. The summed E-state index contributed by atoms with van der Waals surface area (Å²) in [7, 11) is 3.75. The van der Waals surface area contributed by atoms with Crippen LogP contribution in [0, 0.1) is 0 Å². The SMILES string of the molecule is CCNC(=NCCc1nccn1Cc1ccccc1)N(C)Cc1ccccc1OC. The number of aliphatic imine (C=N–C) groups is 1. The molecule has 1 heterocycles. The number of rotatable bonds is 9. The Balaban J connectivity index is 1.63. The number of hydrogen-bond donors (Lipinski definition) is 1. The fourth-order valence-corrected chi connectivity index (χ4v) is 3.39. The molecule has 0 saturated carbocycles. The Kier molecular flexibility index (Phi) is 7.89. The Morgan fingerprint density at radius 3 is 2.67 bits per heavy atom. The number of para-hydroxylation sites is 1. The van der Waals surface area contributed by atoms with Gasteiger partial charge in [-0.05, 0) is 18.6 Å². The summed E-state index contributed by atoms with van der Waals surface area (Å²) in [5.41, 5.74) is 2.40. The van der Waals surface area contributed by atoms with Crippen molar-refractivity contribution in [3.8, 4) is 5.75 Å². The third kappa shape index (κ3) is 5.86. The minimum atomic E-state index is 0.671. The Morgan fingerprint density at radius 1 is 1.13 bits per heavy atom. The van der Waals surface area contributed by atoms with E-state index in [1.54, 1.807) is 7.11 Å². The van der Waals surface area contributed by atoms with Crippen LogP contribution in [0.2, 0.25) is 0 Å². The molecule has 158 valence electrons. The van der Waals surface area contributed by atoms with Crippen LogP contribution >= 0.6 is 0 Å². The van der Waals surface area contributed by atoms with Gasteiger partial charge in [-0.25, -0.2) is 4.98 Å². The summed E-state index contributed by atoms with van der Waals surface area (Å²) >= 11 is 0. The van der Waals surface area contributed by atoms with E-state index in [1.165, 1.54) is 5.56 Å². The van der Waals surface area contributed by atoms with E-state index in [2.05, 4.69) is 57.0 Å². The second-order valence-corrected chi connectivity index (χ2v) is 7.11. The van der Waals surface area contributed by atoms with Gasteiger partial charge in [0, 0.05) is 57.6 Å². The second kappa shape index (κ2) is 11.0. The minimum absolute atomic E-state index is 0.671. The molecule has 0 unspecified atom stereocenters. The van der Waals surface area contributed by atoms with Crippen LogP contribution in [0.15, 0.2) is 72.0 Å². The number of nitrogens with one attached hydrogen (secondary N) is 1. The first kappa shape index (κ1) is 21.4. The van der Waals surface area contributed by atoms with Crippen LogP contribution in [0.1, 0.15) is 23.9 Å². The Labute approximate surface area is 179 Å². The molecule has 3 aromatic rings. The first-order valence-electron chi connectivity index (χ1n) is 10.4. The van der Waals surface area contributed by atoms with Crippen LogP contribution < -0.4 is 10.1 Å². The van der Waals surface area contributed by atoms with Crippen molar-refractivity contribution in [2.45, 2.75) is 26.4 Å². The van der Waals surface area contributed by atoms with Gasteiger partial charge in [0.25, 0.3) is 0 Å². The summed E-state index contributed by atoms with van der Waals surface area (Å²) < 4.78 is 7.67. The molecular formula is C24H31N5O. The maximum atomic E-state index is 5.48. The monoisotopic (exact) mass is 405 g/mol. The normalized spacial score (nSPS) is 11.4. The third-order valence-electron chi connectivity index (χ3n) is 4.89. The lowest BCUT2D eigenvalue weighted by atomic mass is 10.2. The largest absolute Gasteiger partial charge is 0.496 e. The molecule has 0 aliphatic carbocycles. The maximum Gasteiger partial charge on any atom is 0.193 e. The molecule has 0 aliphatic heterocycles. The van der Waals surface area contributed by atoms with Gasteiger partial charge in [-0.2, -0.15) is 0 Å². The van der Waals surface area contributed by atoms with E-state index in [-0.39, 0.29) is 0 Å². The quantitative estimate of drug-likeness (QED) is 0.437. The highest BCUT2D eigenvalue weighted by atomic mass is 16.5. The number of hydrogen-bond acceptors (Lipinski definition) is 3. The topological polar surface area (TPSA) is 54.7 Å². The van der Waals surface area contributed by atoms with Crippen molar-refractivity contribution in [1.29, 1.82) is 0 Å². The van der Waals surface area contributed by atoms with E-state index in [0.29, 0.717) is 6.54 Å². The molecule has 6 nitrogen and oxygen atoms in total. The van der Waals surface area contributed by atoms with Crippen LogP contribution in [0.25, 0.3) is 0 Å². The van der Waals surface area contributed by atoms with Crippen molar-refractivity contribution >= 4 is 5.96 Å². The van der Waals surface area contributed by atoms with Gasteiger partial charge in [-0.15, -0.1) is 0 Å². The van der Waals surface area contributed by atoms with Crippen LogP contribution in [-0.4, -0.2) is 47.7 Å². The van der Waals surface area contributed by atoms with E-state index >= 15 is 0 Å². The lowest BCUT2D eigenvalue weighted by Gasteiger charge is -2.23. The molecule has 0 amide bonds. The maximum absolute atomic E-state index is 5.48. The average Bonchev–Trinajstić information content (AvgIpc) is 3.21. The van der Waals surface area contributed by atoms with E-state index in [0.717, 1.165) is 49.2 Å². The van der Waals surface area contributed by atoms with Crippen molar-refractivity contribution in [3.05, 3.63) is 83.9 Å². The molecule has 30 heavy (non-hydrogen) atoms. The van der Waals surface area contributed by atoms with Crippen molar-refractivity contribution < 1.29 is 4.74 Å². The van der Waals surface area contributed by atoms with Crippen molar-refractivity contribution in [2.24, 2.45) is 4.99 Å². The van der Waals surface area contributed by atoms with Crippen molar-refractivity contribution in [3.63, 3.8) is 0 Å². The number of nitrogens with zero attached hydrogens (tertiary/aromatic N) is 4. The lowest BCUT2D eigenvalue weighted by Crippen LogP contribution is -2.38. The number of aromatic nitrogens is 2. The van der Waals surface area contributed by atoms with Gasteiger partial charge in [-0.3, -0.25) is 4.99 Å². The predicted octanol–water partition coefficient (Wildman–Crippen LogP) is 3.58. The molecule has 2 aromatic carbocycles. The fraction of sp³-hybridized carbons (Fsp3) is 0.333. The van der Waals surface area contributed by atoms with Crippen LogP contribution in [-0.2, 0) is 19.5 Å². The van der Waals surface area contributed by atoms with Crippen LogP contribution in [0.3, 0.4) is 0 Å². The highest BCUT2D eigenvalue weighted by Gasteiger charge is 2.10. The molecule has 1 N–H and O–H groups in total. The van der Waals surface area contributed by atoms with Gasteiger partial charge in [0.1, 0.15) is 11.6 Å². The van der Waals surface area contributed by atoms with Gasteiger partial charge in [0.05, 0.1) is 7.11 Å². The smallest absolute Gasteiger partial charge is 0.193 e. The summed E-state index contributed by atoms with van der Waals surface area (Å²) in [4.78, 5) is 11.5. The van der Waals surface area contributed by atoms with Crippen LogP contribution in [0.4, 0.5) is 0 Å².